The minimum absolute atomic E-state index is 0.0488. The second-order valence-electron chi connectivity index (χ2n) is 6.20. The summed E-state index contributed by atoms with van der Waals surface area (Å²) in [6, 6.07) is 9.78. The van der Waals surface area contributed by atoms with E-state index < -0.39 is 5.60 Å². The SMILES string of the molecule is CCSCC[C@@H](C)NC(=O)C[C@](O)(c1ccccc1)C1CC1. The van der Waals surface area contributed by atoms with Gasteiger partial charge in [0.1, 0.15) is 5.60 Å². The van der Waals surface area contributed by atoms with Gasteiger partial charge >= 0.3 is 0 Å². The molecule has 1 aliphatic rings. The van der Waals surface area contributed by atoms with Gasteiger partial charge in [-0.2, -0.15) is 11.8 Å². The number of nitrogens with one attached hydrogen (secondary N) is 1. The highest BCUT2D eigenvalue weighted by Crippen LogP contribution is 2.47. The molecule has 1 amide bonds. The molecule has 0 radical (unpaired) electrons. The quantitative estimate of drug-likeness (QED) is 0.686. The standard InChI is InChI=1S/C18H27NO2S/c1-3-22-12-11-14(2)19-17(20)13-18(21,16-9-10-16)15-7-5-4-6-8-15/h4-8,14,16,21H,3,9-13H2,1-2H3,(H,19,20)/t14-,18+/m1/s1. The molecule has 2 N–H and O–H groups in total. The highest BCUT2D eigenvalue weighted by atomic mass is 32.2. The number of rotatable bonds is 9. The van der Waals surface area contributed by atoms with Crippen molar-refractivity contribution in [2.45, 2.75) is 51.2 Å². The van der Waals surface area contributed by atoms with Gasteiger partial charge in [0.05, 0.1) is 6.42 Å². The van der Waals surface area contributed by atoms with Gasteiger partial charge in [-0.3, -0.25) is 4.79 Å². The van der Waals surface area contributed by atoms with Crippen molar-refractivity contribution in [2.75, 3.05) is 11.5 Å². The Morgan fingerprint density at radius 2 is 2.09 bits per heavy atom. The van der Waals surface area contributed by atoms with E-state index in [2.05, 4.69) is 12.2 Å². The summed E-state index contributed by atoms with van der Waals surface area (Å²) in [7, 11) is 0. The van der Waals surface area contributed by atoms with Crippen LogP contribution in [0.25, 0.3) is 0 Å². The topological polar surface area (TPSA) is 49.3 Å². The summed E-state index contributed by atoms with van der Waals surface area (Å²) >= 11 is 1.89. The molecular formula is C18H27NO2S. The number of amides is 1. The van der Waals surface area contributed by atoms with E-state index in [1.165, 1.54) is 0 Å². The summed E-state index contributed by atoms with van der Waals surface area (Å²) in [5.41, 5.74) is -0.148. The van der Waals surface area contributed by atoms with E-state index >= 15 is 0 Å². The fourth-order valence-corrected chi connectivity index (χ4v) is 3.63. The van der Waals surface area contributed by atoms with E-state index in [-0.39, 0.29) is 24.3 Å². The molecule has 4 heteroatoms. The number of aliphatic hydroxyl groups is 1. The van der Waals surface area contributed by atoms with Crippen LogP contribution in [-0.4, -0.2) is 28.6 Å². The van der Waals surface area contributed by atoms with Gasteiger partial charge in [-0.1, -0.05) is 37.3 Å². The summed E-state index contributed by atoms with van der Waals surface area (Å²) in [5.74, 6) is 2.33. The second kappa shape index (κ2) is 8.02. The van der Waals surface area contributed by atoms with Gasteiger partial charge in [-0.15, -0.1) is 0 Å². The van der Waals surface area contributed by atoms with E-state index in [4.69, 9.17) is 0 Å². The summed E-state index contributed by atoms with van der Waals surface area (Å²) in [6.07, 6.45) is 3.13. The van der Waals surface area contributed by atoms with Crippen molar-refractivity contribution >= 4 is 17.7 Å². The highest BCUT2D eigenvalue weighted by molar-refractivity contribution is 7.99. The molecular weight excluding hydrogens is 294 g/mol. The minimum atomic E-state index is -1.01. The van der Waals surface area contributed by atoms with Gasteiger partial charge in [-0.25, -0.2) is 0 Å². The lowest BCUT2D eigenvalue weighted by Gasteiger charge is -2.29. The van der Waals surface area contributed by atoms with Crippen molar-refractivity contribution in [3.63, 3.8) is 0 Å². The molecule has 22 heavy (non-hydrogen) atoms. The number of carbonyl (C=O) groups is 1. The number of thioether (sulfide) groups is 1. The number of carbonyl (C=O) groups excluding carboxylic acids is 1. The van der Waals surface area contributed by atoms with Crippen LogP contribution in [0.5, 0.6) is 0 Å². The Morgan fingerprint density at radius 1 is 1.41 bits per heavy atom. The van der Waals surface area contributed by atoms with Crippen molar-refractivity contribution in [3.8, 4) is 0 Å². The maximum Gasteiger partial charge on any atom is 0.223 e. The van der Waals surface area contributed by atoms with Crippen LogP contribution >= 0.6 is 11.8 Å². The molecule has 2 atom stereocenters. The molecule has 0 bridgehead atoms. The maximum absolute atomic E-state index is 12.3. The van der Waals surface area contributed by atoms with Crippen molar-refractivity contribution in [1.29, 1.82) is 0 Å². The first kappa shape index (κ1) is 17.4. The van der Waals surface area contributed by atoms with E-state index in [9.17, 15) is 9.90 Å². The zero-order valence-electron chi connectivity index (χ0n) is 13.5. The Morgan fingerprint density at radius 3 is 2.68 bits per heavy atom. The number of hydrogen-bond donors (Lipinski definition) is 2. The summed E-state index contributed by atoms with van der Waals surface area (Å²) < 4.78 is 0. The smallest absolute Gasteiger partial charge is 0.223 e. The van der Waals surface area contributed by atoms with Crippen LogP contribution in [0.3, 0.4) is 0 Å². The summed E-state index contributed by atoms with van der Waals surface area (Å²) in [4.78, 5) is 12.3. The first-order valence-electron chi connectivity index (χ1n) is 8.21. The average molecular weight is 321 g/mol. The van der Waals surface area contributed by atoms with Gasteiger partial charge in [0, 0.05) is 6.04 Å². The van der Waals surface area contributed by atoms with Crippen LogP contribution in [0.15, 0.2) is 30.3 Å². The van der Waals surface area contributed by atoms with Gasteiger partial charge in [0.25, 0.3) is 0 Å². The first-order valence-corrected chi connectivity index (χ1v) is 9.36. The lowest BCUT2D eigenvalue weighted by atomic mass is 9.85. The molecule has 1 saturated carbocycles. The van der Waals surface area contributed by atoms with Crippen LogP contribution in [0.4, 0.5) is 0 Å². The molecule has 1 aliphatic carbocycles. The molecule has 0 saturated heterocycles. The van der Waals surface area contributed by atoms with Gasteiger partial charge in [0.2, 0.25) is 5.91 Å². The molecule has 0 spiro atoms. The molecule has 122 valence electrons. The Bertz CT molecular complexity index is 475. The molecule has 1 aromatic rings. The third-order valence-corrected chi connectivity index (χ3v) is 5.20. The van der Waals surface area contributed by atoms with E-state index in [0.717, 1.165) is 36.3 Å². The lowest BCUT2D eigenvalue weighted by molar-refractivity contribution is -0.128. The van der Waals surface area contributed by atoms with E-state index in [0.29, 0.717) is 0 Å². The van der Waals surface area contributed by atoms with Crippen LogP contribution in [0.1, 0.15) is 45.1 Å². The molecule has 0 heterocycles. The molecule has 1 aromatic carbocycles. The Kier molecular flexibility index (Phi) is 6.33. The van der Waals surface area contributed by atoms with Crippen molar-refractivity contribution in [3.05, 3.63) is 35.9 Å². The summed E-state index contributed by atoms with van der Waals surface area (Å²) in [5, 5.41) is 14.1. The van der Waals surface area contributed by atoms with E-state index in [1.54, 1.807) is 0 Å². The molecule has 0 aromatic heterocycles. The molecule has 1 fully saturated rings. The maximum atomic E-state index is 12.3. The molecule has 3 nitrogen and oxygen atoms in total. The molecule has 2 rings (SSSR count). The zero-order chi connectivity index (χ0) is 16.0. The van der Waals surface area contributed by atoms with Crippen molar-refractivity contribution in [2.24, 2.45) is 5.92 Å². The molecule has 0 unspecified atom stereocenters. The fourth-order valence-electron chi connectivity index (χ4n) is 2.82. The average Bonchev–Trinajstić information content (AvgIpc) is 3.33. The minimum Gasteiger partial charge on any atom is -0.384 e. The Labute approximate surface area is 137 Å². The number of hydrogen-bond acceptors (Lipinski definition) is 3. The monoisotopic (exact) mass is 321 g/mol. The van der Waals surface area contributed by atoms with Crippen LogP contribution in [0.2, 0.25) is 0 Å². The normalized spacial score (nSPS) is 18.5. The van der Waals surface area contributed by atoms with Gasteiger partial charge in [-0.05, 0) is 49.2 Å². The largest absolute Gasteiger partial charge is 0.384 e. The van der Waals surface area contributed by atoms with Gasteiger partial charge in [0.15, 0.2) is 0 Å². The fraction of sp³-hybridized carbons (Fsp3) is 0.611. The van der Waals surface area contributed by atoms with Crippen LogP contribution < -0.4 is 5.32 Å². The van der Waals surface area contributed by atoms with Gasteiger partial charge < -0.3 is 10.4 Å². The third kappa shape index (κ3) is 4.75. The Hall–Kier alpha value is -1.00. The predicted molar refractivity (Wildman–Crippen MR) is 92.9 cm³/mol. The number of benzene rings is 1. The van der Waals surface area contributed by atoms with Crippen molar-refractivity contribution < 1.29 is 9.90 Å². The van der Waals surface area contributed by atoms with Crippen LogP contribution in [0, 0.1) is 5.92 Å². The molecule has 0 aliphatic heterocycles. The second-order valence-corrected chi connectivity index (χ2v) is 7.59. The van der Waals surface area contributed by atoms with E-state index in [1.807, 2.05) is 49.0 Å². The third-order valence-electron chi connectivity index (χ3n) is 4.26. The zero-order valence-corrected chi connectivity index (χ0v) is 14.4. The Balaban J connectivity index is 1.92. The predicted octanol–water partition coefficient (Wildman–Crippen LogP) is 3.32. The lowest BCUT2D eigenvalue weighted by Crippen LogP contribution is -2.40. The van der Waals surface area contributed by atoms with Crippen molar-refractivity contribution in [1.82, 2.24) is 5.32 Å². The highest BCUT2D eigenvalue weighted by Gasteiger charge is 2.46. The summed E-state index contributed by atoms with van der Waals surface area (Å²) in [6.45, 7) is 4.18. The van der Waals surface area contributed by atoms with Crippen LogP contribution in [-0.2, 0) is 10.4 Å². The first-order chi connectivity index (χ1) is 10.6.